The molecule has 1 fully saturated rings. The zero-order valence-corrected chi connectivity index (χ0v) is 20.5. The highest BCUT2D eigenvalue weighted by molar-refractivity contribution is 5.71. The SMILES string of the molecule is N#CCCN(CCC#N)c1ncnc(N2CCN(C(c3ccccc3)c3ccccc3)CC2)c1[N+](=O)[O-]. The maximum atomic E-state index is 12.2. The topological polar surface area (TPSA) is 126 Å². The molecule has 4 rings (SSSR count). The Hall–Kier alpha value is -4.54. The van der Waals surface area contributed by atoms with Gasteiger partial charge in [-0.25, -0.2) is 9.97 Å². The van der Waals surface area contributed by atoms with Gasteiger partial charge in [0.05, 0.1) is 35.9 Å². The number of benzene rings is 2. The van der Waals surface area contributed by atoms with Gasteiger partial charge < -0.3 is 9.80 Å². The molecule has 1 aromatic heterocycles. The fourth-order valence-electron chi connectivity index (χ4n) is 4.76. The second-order valence-corrected chi connectivity index (χ2v) is 8.68. The summed E-state index contributed by atoms with van der Waals surface area (Å²) in [7, 11) is 0. The van der Waals surface area contributed by atoms with Gasteiger partial charge >= 0.3 is 5.69 Å². The second kappa shape index (κ2) is 12.4. The Bertz CT molecular complexity index is 1210. The summed E-state index contributed by atoms with van der Waals surface area (Å²) < 4.78 is 0. The van der Waals surface area contributed by atoms with Gasteiger partial charge in [0.1, 0.15) is 6.33 Å². The number of hydrogen-bond donors (Lipinski definition) is 0. The molecular formula is C27H28N8O2. The van der Waals surface area contributed by atoms with Crippen LogP contribution in [0.2, 0.25) is 0 Å². The van der Waals surface area contributed by atoms with Crippen molar-refractivity contribution in [1.29, 1.82) is 10.5 Å². The second-order valence-electron chi connectivity index (χ2n) is 8.68. The number of nitriles is 2. The third-order valence-corrected chi connectivity index (χ3v) is 6.46. The zero-order chi connectivity index (χ0) is 26.0. The van der Waals surface area contributed by atoms with Gasteiger partial charge in [-0.2, -0.15) is 10.5 Å². The first-order chi connectivity index (χ1) is 18.1. The monoisotopic (exact) mass is 496 g/mol. The largest absolute Gasteiger partial charge is 0.353 e. The highest BCUT2D eigenvalue weighted by atomic mass is 16.6. The highest BCUT2D eigenvalue weighted by Gasteiger charge is 2.33. The first-order valence-electron chi connectivity index (χ1n) is 12.2. The standard InChI is InChI=1S/C27H28N8O2/c28-13-7-15-33(16-8-14-29)26-25(35(36)37)27(31-21-30-26)34-19-17-32(18-20-34)24(22-9-3-1-4-10-22)23-11-5-2-6-12-23/h1-6,9-12,21,24H,7-8,15-20H2. The van der Waals surface area contributed by atoms with Gasteiger partial charge in [0.15, 0.2) is 0 Å². The first kappa shape index (κ1) is 25.5. The van der Waals surface area contributed by atoms with E-state index in [1.165, 1.54) is 17.5 Å². The summed E-state index contributed by atoms with van der Waals surface area (Å²) in [4.78, 5) is 26.2. The molecule has 0 saturated carbocycles. The average molecular weight is 497 g/mol. The van der Waals surface area contributed by atoms with E-state index in [2.05, 4.69) is 51.3 Å². The fraction of sp³-hybridized carbons (Fsp3) is 0.333. The lowest BCUT2D eigenvalue weighted by molar-refractivity contribution is -0.383. The summed E-state index contributed by atoms with van der Waals surface area (Å²) in [6.07, 6.45) is 1.66. The predicted molar refractivity (Wildman–Crippen MR) is 140 cm³/mol. The van der Waals surface area contributed by atoms with Crippen LogP contribution in [0, 0.1) is 32.8 Å². The van der Waals surface area contributed by atoms with E-state index in [0.29, 0.717) is 26.2 Å². The molecule has 0 unspecified atom stereocenters. The van der Waals surface area contributed by atoms with Crippen LogP contribution in [-0.2, 0) is 0 Å². The molecule has 2 heterocycles. The number of anilines is 2. The van der Waals surface area contributed by atoms with Crippen molar-refractivity contribution < 1.29 is 4.92 Å². The molecule has 0 aliphatic carbocycles. The molecule has 2 aromatic carbocycles. The summed E-state index contributed by atoms with van der Waals surface area (Å²) in [5, 5.41) is 30.3. The van der Waals surface area contributed by atoms with Crippen LogP contribution in [0.1, 0.15) is 30.0 Å². The minimum Gasteiger partial charge on any atom is -0.349 e. The van der Waals surface area contributed by atoms with E-state index < -0.39 is 4.92 Å². The molecule has 0 spiro atoms. The maximum Gasteiger partial charge on any atom is 0.353 e. The molecule has 0 amide bonds. The Morgan fingerprint density at radius 2 is 1.43 bits per heavy atom. The Morgan fingerprint density at radius 3 is 1.92 bits per heavy atom. The number of hydrogen-bond acceptors (Lipinski definition) is 9. The molecular weight excluding hydrogens is 468 g/mol. The van der Waals surface area contributed by atoms with Crippen molar-refractivity contribution in [2.75, 3.05) is 49.1 Å². The quantitative estimate of drug-likeness (QED) is 0.303. The molecule has 10 nitrogen and oxygen atoms in total. The van der Waals surface area contributed by atoms with Crippen molar-refractivity contribution in [2.24, 2.45) is 0 Å². The summed E-state index contributed by atoms with van der Waals surface area (Å²) in [5.41, 5.74) is 2.21. The first-order valence-corrected chi connectivity index (χ1v) is 12.2. The molecule has 0 N–H and O–H groups in total. The molecule has 10 heteroatoms. The van der Waals surface area contributed by atoms with Crippen molar-refractivity contribution in [2.45, 2.75) is 18.9 Å². The third-order valence-electron chi connectivity index (χ3n) is 6.46. The van der Waals surface area contributed by atoms with Gasteiger partial charge in [-0.05, 0) is 11.1 Å². The van der Waals surface area contributed by atoms with Gasteiger partial charge in [-0.3, -0.25) is 15.0 Å². The summed E-state index contributed by atoms with van der Waals surface area (Å²) in [6, 6.07) is 24.9. The van der Waals surface area contributed by atoms with E-state index in [4.69, 9.17) is 10.5 Å². The number of rotatable bonds is 10. The van der Waals surface area contributed by atoms with Gasteiger partial charge in [-0.15, -0.1) is 0 Å². The zero-order valence-electron chi connectivity index (χ0n) is 20.5. The number of piperazine rings is 1. The van der Waals surface area contributed by atoms with E-state index in [-0.39, 0.29) is 49.3 Å². The van der Waals surface area contributed by atoms with Crippen LogP contribution >= 0.6 is 0 Å². The number of nitro groups is 1. The highest BCUT2D eigenvalue weighted by Crippen LogP contribution is 2.36. The Morgan fingerprint density at radius 1 is 0.892 bits per heavy atom. The molecule has 0 radical (unpaired) electrons. The Balaban J connectivity index is 1.59. The van der Waals surface area contributed by atoms with E-state index in [1.807, 2.05) is 41.3 Å². The van der Waals surface area contributed by atoms with Crippen LogP contribution in [0.25, 0.3) is 0 Å². The van der Waals surface area contributed by atoms with Crippen LogP contribution in [-0.4, -0.2) is 59.1 Å². The molecule has 188 valence electrons. The van der Waals surface area contributed by atoms with Crippen molar-refractivity contribution in [3.05, 3.63) is 88.2 Å². The molecule has 0 bridgehead atoms. The summed E-state index contributed by atoms with van der Waals surface area (Å²) in [5.74, 6) is 0.416. The van der Waals surface area contributed by atoms with Crippen LogP contribution in [0.3, 0.4) is 0 Å². The van der Waals surface area contributed by atoms with Crippen LogP contribution in [0.15, 0.2) is 67.0 Å². The molecule has 3 aromatic rings. The number of nitrogens with zero attached hydrogens (tertiary/aromatic N) is 8. The molecule has 1 aliphatic heterocycles. The van der Waals surface area contributed by atoms with E-state index in [9.17, 15) is 10.1 Å². The third kappa shape index (κ3) is 6.00. The van der Waals surface area contributed by atoms with Crippen LogP contribution in [0.5, 0.6) is 0 Å². The lowest BCUT2D eigenvalue weighted by atomic mass is 9.96. The molecule has 37 heavy (non-hydrogen) atoms. The minimum atomic E-state index is -0.459. The van der Waals surface area contributed by atoms with Gasteiger partial charge in [0, 0.05) is 39.3 Å². The summed E-state index contributed by atoms with van der Waals surface area (Å²) >= 11 is 0. The lowest BCUT2D eigenvalue weighted by Gasteiger charge is -2.40. The average Bonchev–Trinajstić information content (AvgIpc) is 2.94. The van der Waals surface area contributed by atoms with Gasteiger partial charge in [-0.1, -0.05) is 60.7 Å². The van der Waals surface area contributed by atoms with Crippen molar-refractivity contribution in [3.63, 3.8) is 0 Å². The Kier molecular flexibility index (Phi) is 8.58. The van der Waals surface area contributed by atoms with Crippen molar-refractivity contribution >= 4 is 17.3 Å². The van der Waals surface area contributed by atoms with Crippen LogP contribution in [0.4, 0.5) is 17.3 Å². The van der Waals surface area contributed by atoms with Crippen molar-refractivity contribution in [1.82, 2.24) is 14.9 Å². The predicted octanol–water partition coefficient (Wildman–Crippen LogP) is 3.93. The van der Waals surface area contributed by atoms with Crippen LogP contribution < -0.4 is 9.80 Å². The molecule has 0 atom stereocenters. The van der Waals surface area contributed by atoms with Gasteiger partial charge in [0.25, 0.3) is 0 Å². The Labute approximate surface area is 216 Å². The number of aromatic nitrogens is 2. The van der Waals surface area contributed by atoms with E-state index >= 15 is 0 Å². The van der Waals surface area contributed by atoms with Crippen molar-refractivity contribution in [3.8, 4) is 12.1 Å². The minimum absolute atomic E-state index is 0.0768. The van der Waals surface area contributed by atoms with E-state index in [1.54, 1.807) is 4.90 Å². The fourth-order valence-corrected chi connectivity index (χ4v) is 4.76. The van der Waals surface area contributed by atoms with Gasteiger partial charge in [0.2, 0.25) is 11.6 Å². The smallest absolute Gasteiger partial charge is 0.349 e. The molecule has 1 saturated heterocycles. The summed E-state index contributed by atoms with van der Waals surface area (Å²) in [6.45, 7) is 3.00. The molecule has 1 aliphatic rings. The maximum absolute atomic E-state index is 12.2. The lowest BCUT2D eigenvalue weighted by Crippen LogP contribution is -2.48. The van der Waals surface area contributed by atoms with E-state index in [0.717, 1.165) is 0 Å². The normalized spacial score (nSPS) is 13.6.